The number of ether oxygens (including phenoxy) is 3. The van der Waals surface area contributed by atoms with Crippen LogP contribution in [0.2, 0.25) is 0 Å². The number of aromatic hydroxyl groups is 1. The number of phenols is 1. The van der Waals surface area contributed by atoms with Crippen molar-refractivity contribution < 1.29 is 61.5 Å². The summed E-state index contributed by atoms with van der Waals surface area (Å²) in [6.07, 6.45) is 9.11. The molecule has 7 aromatic carbocycles. The number of nitrogens with zero attached hydrogens (tertiary/aromatic N) is 9. The van der Waals surface area contributed by atoms with Crippen LogP contribution in [0.3, 0.4) is 0 Å². The molecule has 0 spiro atoms. The number of rotatable bonds is 37. The summed E-state index contributed by atoms with van der Waals surface area (Å²) in [4.78, 5) is 40.7. The summed E-state index contributed by atoms with van der Waals surface area (Å²) in [5, 5.41) is 32.5. The standard InChI is InChI=1S/C35H37N4O6PS.C34H36N3O5PS.C19H21N3O2S/c1-26(2)33-34(39(21-27-16-18-37-19-17-27)32(38-33)24-42-35(36)40)47-31-15-9-14-30(20-31)43-25-46(41,44-22-28-10-5-3-6-11-28)45-23-29-12-7-4-8-13-29;1-26(2)33-34(37(32(22-38)36-33)21-27-16-18-35-19-17-27)44-31-15-9-14-30(20-31)40-25-43(39,41-23-28-10-5-3-6-11-28)42-24-29-12-7-4-8-13-29;1-13(2)18-19(25-16-5-3-4-15(24)10-16)22(17(12-23)21-18)11-14-6-8-20-9-7-14/h3-20,26H,21-25H2,1-2H3,(H2,36,40);3-20,26,38H,21-25H2,1-2H3;3-10,13,23-24H,11-12H2,1-2H3. The molecule has 13 rings (SSSR count). The fourth-order valence-electron chi connectivity index (χ4n) is 11.6. The molecule has 0 bridgehead atoms. The third-order valence-corrected chi connectivity index (χ3v) is 23.9. The molecule has 5 N–H and O–H groups in total. The van der Waals surface area contributed by atoms with E-state index in [1.807, 2.05) is 226 Å². The predicted molar refractivity (Wildman–Crippen MR) is 450 cm³/mol. The molecule has 1 amide bonds. The predicted octanol–water partition coefficient (Wildman–Crippen LogP) is 20.0. The van der Waals surface area contributed by atoms with Crippen molar-refractivity contribution in [2.75, 3.05) is 12.7 Å². The summed E-state index contributed by atoms with van der Waals surface area (Å²) in [7, 11) is -7.32. The molecule has 0 atom stereocenters. The van der Waals surface area contributed by atoms with E-state index >= 15 is 0 Å². The van der Waals surface area contributed by atoms with E-state index in [9.17, 15) is 29.2 Å². The number of benzene rings is 7. The third kappa shape index (κ3) is 26.0. The Kier molecular flexibility index (Phi) is 32.4. The molecule has 6 aromatic heterocycles. The van der Waals surface area contributed by atoms with Crippen molar-refractivity contribution in [2.45, 2.75) is 155 Å². The highest BCUT2D eigenvalue weighted by Gasteiger charge is 2.30. The Hall–Kier alpha value is -10.4. The lowest BCUT2D eigenvalue weighted by Gasteiger charge is -2.19. The monoisotopic (exact) mass is 1660 g/mol. The molecule has 0 aliphatic heterocycles. The van der Waals surface area contributed by atoms with Crippen molar-refractivity contribution in [3.05, 3.63) is 341 Å². The van der Waals surface area contributed by atoms with E-state index in [4.69, 9.17) is 48.0 Å². The minimum absolute atomic E-state index is 0.0644. The maximum absolute atomic E-state index is 13.9. The minimum atomic E-state index is -3.68. The average Bonchev–Trinajstić information content (AvgIpc) is 1.65. The second kappa shape index (κ2) is 43.5. The Morgan fingerprint density at radius 1 is 0.388 bits per heavy atom. The van der Waals surface area contributed by atoms with Gasteiger partial charge in [-0.05, 0) is 148 Å². The molecule has 0 saturated carbocycles. The SMILES string of the molecule is CC(C)c1nc(CO)n(Cc2ccncc2)c1Sc1cccc(O)c1.CC(C)c1nc(CO)n(Cc2ccncc2)c1Sc1cccc(OCP(=O)(OCc2ccccc2)OCc2ccccc2)c1.CC(C)c1nc(COC(N)=O)n(Cc2ccncc2)c1Sc1cccc(OCP(=O)(OCc2ccccc2)OCc2ccccc2)c1. The quantitative estimate of drug-likeness (QED) is 0.0263. The summed E-state index contributed by atoms with van der Waals surface area (Å²) < 4.78 is 74.7. The van der Waals surface area contributed by atoms with Crippen molar-refractivity contribution in [1.29, 1.82) is 0 Å². The van der Waals surface area contributed by atoms with Crippen molar-refractivity contribution in [2.24, 2.45) is 5.73 Å². The van der Waals surface area contributed by atoms with E-state index in [0.717, 1.165) is 85.8 Å². The lowest BCUT2D eigenvalue weighted by Crippen LogP contribution is -2.15. The molecule has 0 radical (unpaired) electrons. The molecule has 0 aliphatic rings. The molecule has 0 fully saturated rings. The fraction of sp³-hybridized carbons (Fsp3) is 0.239. The first-order valence-corrected chi connectivity index (χ1v) is 43.5. The number of primary amides is 1. The van der Waals surface area contributed by atoms with Crippen LogP contribution < -0.4 is 15.2 Å². The van der Waals surface area contributed by atoms with Crippen LogP contribution in [-0.2, 0) is 97.8 Å². The van der Waals surface area contributed by atoms with Crippen LogP contribution in [0.4, 0.5) is 4.79 Å². The van der Waals surface area contributed by atoms with Gasteiger partial charge in [-0.25, -0.2) is 19.7 Å². The zero-order chi connectivity index (χ0) is 81.7. The van der Waals surface area contributed by atoms with Crippen molar-refractivity contribution in [3.63, 3.8) is 0 Å². The highest BCUT2D eigenvalue weighted by Crippen LogP contribution is 2.52. The van der Waals surface area contributed by atoms with Gasteiger partial charge in [0.25, 0.3) is 0 Å². The van der Waals surface area contributed by atoms with E-state index in [2.05, 4.69) is 61.5 Å². The minimum Gasteiger partial charge on any atom is -0.508 e. The number of aromatic nitrogens is 9. The summed E-state index contributed by atoms with van der Waals surface area (Å²) in [6.45, 7) is 14.3. The molecule has 0 unspecified atom stereocenters. The summed E-state index contributed by atoms with van der Waals surface area (Å²) in [6, 6.07) is 72.1. The van der Waals surface area contributed by atoms with E-state index in [1.165, 1.54) is 11.8 Å². The molecular weight excluding hydrogens is 1560 g/mol. The molecule has 23 nitrogen and oxygen atoms in total. The van der Waals surface area contributed by atoms with Crippen LogP contribution in [0.5, 0.6) is 17.2 Å². The second-order valence-corrected chi connectivity index (χ2v) is 34.6. The molecule has 28 heteroatoms. The molecule has 116 heavy (non-hydrogen) atoms. The largest absolute Gasteiger partial charge is 0.508 e. The number of pyridine rings is 3. The maximum Gasteiger partial charge on any atom is 0.404 e. The first kappa shape index (κ1) is 86.4. The summed E-state index contributed by atoms with van der Waals surface area (Å²) in [5.41, 5.74) is 14.7. The van der Waals surface area contributed by atoms with Crippen LogP contribution in [-0.4, -0.2) is 77.7 Å². The van der Waals surface area contributed by atoms with Crippen LogP contribution in [0.1, 0.15) is 133 Å². The Bertz CT molecular complexity index is 5220. The van der Waals surface area contributed by atoms with Gasteiger partial charge in [0, 0.05) is 51.9 Å². The highest BCUT2D eigenvalue weighted by molar-refractivity contribution is 7.99. The summed E-state index contributed by atoms with van der Waals surface area (Å²) in [5.74, 6) is 3.55. The summed E-state index contributed by atoms with van der Waals surface area (Å²) >= 11 is 4.61. The van der Waals surface area contributed by atoms with Crippen molar-refractivity contribution in [3.8, 4) is 17.2 Å². The Morgan fingerprint density at radius 3 is 0.991 bits per heavy atom. The van der Waals surface area contributed by atoms with E-state index in [0.29, 0.717) is 48.6 Å². The van der Waals surface area contributed by atoms with E-state index in [-0.39, 0.29) is 82.4 Å². The van der Waals surface area contributed by atoms with E-state index < -0.39 is 21.3 Å². The lowest BCUT2D eigenvalue weighted by molar-refractivity contribution is 0.145. The molecule has 0 aliphatic carbocycles. The number of aliphatic hydroxyl groups excluding tert-OH is 2. The number of carbonyl (C=O) groups excluding carboxylic acids is 1. The van der Waals surface area contributed by atoms with Crippen molar-refractivity contribution >= 4 is 56.6 Å². The molecular formula is C88H94N10O13P2S3. The van der Waals surface area contributed by atoms with Gasteiger partial charge >= 0.3 is 21.3 Å². The number of phenolic OH excluding ortho intramolecular Hbond substituents is 1. The van der Waals surface area contributed by atoms with Gasteiger partial charge in [0.2, 0.25) is 0 Å². The zero-order valence-electron chi connectivity index (χ0n) is 65.3. The number of carbonyl (C=O) groups is 1. The number of hydrogen-bond acceptors (Lipinski definition) is 22. The Labute approximate surface area is 689 Å². The maximum atomic E-state index is 13.9. The van der Waals surface area contributed by atoms with Gasteiger partial charge in [-0.15, -0.1) is 0 Å². The van der Waals surface area contributed by atoms with Crippen LogP contribution in [0, 0.1) is 0 Å². The van der Waals surface area contributed by atoms with Gasteiger partial charge in [0.05, 0.1) is 63.1 Å². The lowest BCUT2D eigenvalue weighted by atomic mass is 10.1. The van der Waals surface area contributed by atoms with Gasteiger partial charge < -0.3 is 67.1 Å². The van der Waals surface area contributed by atoms with Gasteiger partial charge in [0.1, 0.15) is 63.0 Å². The Morgan fingerprint density at radius 2 is 0.690 bits per heavy atom. The number of imidazole rings is 3. The van der Waals surface area contributed by atoms with Crippen LogP contribution >= 0.6 is 50.5 Å². The third-order valence-electron chi connectivity index (χ3n) is 17.5. The Balaban J connectivity index is 0.000000179. The molecule has 602 valence electrons. The van der Waals surface area contributed by atoms with E-state index in [1.54, 1.807) is 78.9 Å². The fourth-order valence-corrected chi connectivity index (χ4v) is 17.7. The number of amides is 1. The van der Waals surface area contributed by atoms with Gasteiger partial charge in [0.15, 0.2) is 19.3 Å². The van der Waals surface area contributed by atoms with Crippen molar-refractivity contribution in [1.82, 2.24) is 43.6 Å². The highest BCUT2D eigenvalue weighted by atomic mass is 32.2. The molecule has 13 aromatic rings. The molecule has 6 heterocycles. The normalized spacial score (nSPS) is 11.5. The number of aliphatic hydroxyl groups is 2. The number of nitrogens with two attached hydrogens (primary N) is 1. The second-order valence-electron chi connectivity index (χ2n) is 27.4. The van der Waals surface area contributed by atoms with Gasteiger partial charge in [-0.1, -0.05) is 216 Å². The van der Waals surface area contributed by atoms with Gasteiger partial charge in [-0.3, -0.25) is 24.1 Å². The first-order chi connectivity index (χ1) is 56.3. The smallest absolute Gasteiger partial charge is 0.404 e. The topological polar surface area (TPSA) is 295 Å². The first-order valence-electron chi connectivity index (χ1n) is 37.6. The van der Waals surface area contributed by atoms with Crippen LogP contribution in [0.15, 0.2) is 297 Å². The van der Waals surface area contributed by atoms with Gasteiger partial charge in [-0.2, -0.15) is 0 Å². The zero-order valence-corrected chi connectivity index (χ0v) is 69.5. The van der Waals surface area contributed by atoms with Crippen LogP contribution in [0.25, 0.3) is 0 Å². The average molecular weight is 1660 g/mol. The molecule has 0 saturated heterocycles. The number of hydrogen-bond donors (Lipinski definition) is 4.